The van der Waals surface area contributed by atoms with E-state index in [0.717, 1.165) is 11.3 Å². The molecule has 0 spiro atoms. The normalized spacial score (nSPS) is 11.3. The van der Waals surface area contributed by atoms with Gasteiger partial charge in [0.2, 0.25) is 0 Å². The zero-order chi connectivity index (χ0) is 19.8. The second-order valence-corrected chi connectivity index (χ2v) is 6.03. The number of benzene rings is 3. The van der Waals surface area contributed by atoms with Crippen molar-refractivity contribution in [2.45, 2.75) is 12.5 Å². The molecule has 2 N–H and O–H groups in total. The second-order valence-electron chi connectivity index (χ2n) is 6.03. The SMILES string of the molecule is O=C[C@H](Cc1ccc(Oc2ccc(Oc3ccccc3)cc2)cc1)NC(=O)O. The van der Waals surface area contributed by atoms with Crippen molar-refractivity contribution in [2.75, 3.05) is 0 Å². The molecular weight excluding hydrogens is 358 g/mol. The number of para-hydroxylation sites is 1. The smallest absolute Gasteiger partial charge is 0.405 e. The molecule has 0 fully saturated rings. The summed E-state index contributed by atoms with van der Waals surface area (Å²) in [6, 6.07) is 23.1. The fourth-order valence-corrected chi connectivity index (χ4v) is 2.58. The Balaban J connectivity index is 1.58. The van der Waals surface area contributed by atoms with Gasteiger partial charge in [-0.2, -0.15) is 0 Å². The first-order valence-electron chi connectivity index (χ1n) is 8.67. The molecule has 3 rings (SSSR count). The minimum Gasteiger partial charge on any atom is -0.465 e. The minimum atomic E-state index is -1.23. The van der Waals surface area contributed by atoms with E-state index in [1.165, 1.54) is 0 Å². The van der Waals surface area contributed by atoms with Crippen molar-refractivity contribution in [3.63, 3.8) is 0 Å². The first kappa shape index (κ1) is 19.0. The number of amides is 1. The van der Waals surface area contributed by atoms with Crippen molar-refractivity contribution < 1.29 is 24.2 Å². The van der Waals surface area contributed by atoms with E-state index in [-0.39, 0.29) is 6.42 Å². The van der Waals surface area contributed by atoms with Gasteiger partial charge in [0.25, 0.3) is 0 Å². The molecule has 1 amide bonds. The molecule has 0 aromatic heterocycles. The molecule has 0 unspecified atom stereocenters. The summed E-state index contributed by atoms with van der Waals surface area (Å²) >= 11 is 0. The number of hydrogen-bond donors (Lipinski definition) is 2. The van der Waals surface area contributed by atoms with Gasteiger partial charge < -0.3 is 24.7 Å². The van der Waals surface area contributed by atoms with Crippen LogP contribution >= 0.6 is 0 Å². The Morgan fingerprint density at radius 3 is 1.75 bits per heavy atom. The predicted octanol–water partition coefficient (Wildman–Crippen LogP) is 4.65. The number of nitrogens with one attached hydrogen (secondary N) is 1. The molecule has 0 aliphatic heterocycles. The van der Waals surface area contributed by atoms with Gasteiger partial charge in [-0.3, -0.25) is 0 Å². The lowest BCUT2D eigenvalue weighted by Crippen LogP contribution is -2.36. The second kappa shape index (κ2) is 9.23. The zero-order valence-electron chi connectivity index (χ0n) is 14.9. The molecular formula is C22H19NO5. The number of rotatable bonds is 8. The predicted molar refractivity (Wildman–Crippen MR) is 104 cm³/mol. The summed E-state index contributed by atoms with van der Waals surface area (Å²) in [4.78, 5) is 21.6. The summed E-state index contributed by atoms with van der Waals surface area (Å²) < 4.78 is 11.5. The lowest BCUT2D eigenvalue weighted by Gasteiger charge is -2.11. The number of carbonyl (C=O) groups is 2. The van der Waals surface area contributed by atoms with Gasteiger partial charge in [-0.15, -0.1) is 0 Å². The van der Waals surface area contributed by atoms with Crippen molar-refractivity contribution in [2.24, 2.45) is 0 Å². The van der Waals surface area contributed by atoms with E-state index in [9.17, 15) is 9.59 Å². The Morgan fingerprint density at radius 1 is 0.821 bits per heavy atom. The maximum absolute atomic E-state index is 10.9. The fraction of sp³-hybridized carbons (Fsp3) is 0.0909. The van der Waals surface area contributed by atoms with Crippen LogP contribution in [-0.4, -0.2) is 23.5 Å². The average Bonchev–Trinajstić information content (AvgIpc) is 2.71. The van der Waals surface area contributed by atoms with Gasteiger partial charge in [0.15, 0.2) is 0 Å². The van der Waals surface area contributed by atoms with Crippen LogP contribution in [0.3, 0.4) is 0 Å². The Labute approximate surface area is 162 Å². The van der Waals surface area contributed by atoms with Crippen molar-refractivity contribution >= 4 is 12.4 Å². The molecule has 0 aliphatic rings. The van der Waals surface area contributed by atoms with Gasteiger partial charge in [-0.25, -0.2) is 4.79 Å². The largest absolute Gasteiger partial charge is 0.465 e. The van der Waals surface area contributed by atoms with Crippen LogP contribution < -0.4 is 14.8 Å². The molecule has 3 aromatic carbocycles. The van der Waals surface area contributed by atoms with Crippen LogP contribution in [0, 0.1) is 0 Å². The quantitative estimate of drug-likeness (QED) is 0.558. The third-order valence-electron chi connectivity index (χ3n) is 3.89. The van der Waals surface area contributed by atoms with Gasteiger partial charge in [0.1, 0.15) is 29.3 Å². The Bertz CT molecular complexity index is 908. The van der Waals surface area contributed by atoms with Crippen LogP contribution in [0.1, 0.15) is 5.56 Å². The molecule has 28 heavy (non-hydrogen) atoms. The van der Waals surface area contributed by atoms with E-state index in [2.05, 4.69) is 5.32 Å². The lowest BCUT2D eigenvalue weighted by atomic mass is 10.1. The Hall–Kier alpha value is -3.80. The number of carbonyl (C=O) groups excluding carboxylic acids is 1. The van der Waals surface area contributed by atoms with E-state index in [1.807, 2.05) is 54.6 Å². The van der Waals surface area contributed by atoms with Crippen LogP contribution in [0.2, 0.25) is 0 Å². The molecule has 6 nitrogen and oxygen atoms in total. The monoisotopic (exact) mass is 377 g/mol. The van der Waals surface area contributed by atoms with Gasteiger partial charge in [-0.1, -0.05) is 30.3 Å². The van der Waals surface area contributed by atoms with E-state index in [1.54, 1.807) is 24.3 Å². The summed E-state index contributed by atoms with van der Waals surface area (Å²) in [6.45, 7) is 0. The fourth-order valence-electron chi connectivity index (χ4n) is 2.58. The van der Waals surface area contributed by atoms with Gasteiger partial charge >= 0.3 is 6.09 Å². The molecule has 1 atom stereocenters. The van der Waals surface area contributed by atoms with E-state index < -0.39 is 12.1 Å². The lowest BCUT2D eigenvalue weighted by molar-refractivity contribution is -0.109. The highest BCUT2D eigenvalue weighted by molar-refractivity contribution is 5.71. The van der Waals surface area contributed by atoms with Gasteiger partial charge in [-0.05, 0) is 60.5 Å². The molecule has 0 saturated heterocycles. The standard InChI is InChI=1S/C22H19NO5/c24-15-17(23-22(25)26)14-16-6-8-19(9-7-16)28-21-12-10-20(11-13-21)27-18-4-2-1-3-5-18/h1-13,15,17,23H,14H2,(H,25,26)/t17-/m0/s1. The summed E-state index contributed by atoms with van der Waals surface area (Å²) in [7, 11) is 0. The van der Waals surface area contributed by atoms with Crippen LogP contribution in [-0.2, 0) is 11.2 Å². The van der Waals surface area contributed by atoms with Crippen LogP contribution in [0.25, 0.3) is 0 Å². The first-order valence-corrected chi connectivity index (χ1v) is 8.67. The van der Waals surface area contributed by atoms with Gasteiger partial charge in [0, 0.05) is 0 Å². The molecule has 3 aromatic rings. The minimum absolute atomic E-state index is 0.279. The Kier molecular flexibility index (Phi) is 6.25. The van der Waals surface area contributed by atoms with Crippen molar-refractivity contribution in [1.29, 1.82) is 0 Å². The third-order valence-corrected chi connectivity index (χ3v) is 3.89. The van der Waals surface area contributed by atoms with Crippen LogP contribution in [0.15, 0.2) is 78.9 Å². The summed E-state index contributed by atoms with van der Waals surface area (Å²) in [5, 5.41) is 10.9. The molecule has 142 valence electrons. The molecule has 0 bridgehead atoms. The maximum atomic E-state index is 10.9. The summed E-state index contributed by atoms with van der Waals surface area (Å²) in [5.74, 6) is 2.76. The number of ether oxygens (including phenoxy) is 2. The molecule has 0 aliphatic carbocycles. The first-order chi connectivity index (χ1) is 13.6. The number of aldehydes is 1. The van der Waals surface area contributed by atoms with Crippen molar-refractivity contribution in [3.05, 3.63) is 84.4 Å². The summed E-state index contributed by atoms with van der Waals surface area (Å²) in [6.07, 6.45) is -0.365. The van der Waals surface area contributed by atoms with Crippen LogP contribution in [0.5, 0.6) is 23.0 Å². The van der Waals surface area contributed by atoms with Crippen LogP contribution in [0.4, 0.5) is 4.79 Å². The topological polar surface area (TPSA) is 84.9 Å². The molecule has 0 heterocycles. The number of hydrogen-bond acceptors (Lipinski definition) is 4. The number of carboxylic acid groups (broad SMARTS) is 1. The van der Waals surface area contributed by atoms with E-state index in [4.69, 9.17) is 14.6 Å². The van der Waals surface area contributed by atoms with Crippen molar-refractivity contribution in [1.82, 2.24) is 5.32 Å². The molecule has 0 saturated carbocycles. The van der Waals surface area contributed by atoms with E-state index >= 15 is 0 Å². The summed E-state index contributed by atoms with van der Waals surface area (Å²) in [5.41, 5.74) is 0.824. The van der Waals surface area contributed by atoms with Crippen molar-refractivity contribution in [3.8, 4) is 23.0 Å². The highest BCUT2D eigenvalue weighted by Gasteiger charge is 2.11. The third kappa shape index (κ3) is 5.60. The highest BCUT2D eigenvalue weighted by atomic mass is 16.5. The Morgan fingerprint density at radius 2 is 1.29 bits per heavy atom. The zero-order valence-corrected chi connectivity index (χ0v) is 14.9. The average molecular weight is 377 g/mol. The molecule has 0 radical (unpaired) electrons. The maximum Gasteiger partial charge on any atom is 0.405 e. The van der Waals surface area contributed by atoms with Gasteiger partial charge in [0.05, 0.1) is 6.04 Å². The van der Waals surface area contributed by atoms with E-state index in [0.29, 0.717) is 23.5 Å². The molecule has 6 heteroatoms. The highest BCUT2D eigenvalue weighted by Crippen LogP contribution is 2.26.